The maximum absolute atomic E-state index is 12.3. The highest BCUT2D eigenvalue weighted by atomic mass is 19.3. The van der Waals surface area contributed by atoms with Crippen LogP contribution in [0.2, 0.25) is 0 Å². The Morgan fingerprint density at radius 2 is 1.96 bits per heavy atom. The first-order chi connectivity index (χ1) is 12.0. The van der Waals surface area contributed by atoms with E-state index >= 15 is 0 Å². The van der Waals surface area contributed by atoms with E-state index in [1.54, 1.807) is 31.2 Å². The quantitative estimate of drug-likeness (QED) is 0.827. The van der Waals surface area contributed by atoms with Crippen LogP contribution in [0.15, 0.2) is 48.5 Å². The number of alkyl halides is 2. The molecular formula is C19H18F2N2O2. The molecule has 2 rings (SSSR count). The predicted octanol–water partition coefficient (Wildman–Crippen LogP) is 3.97. The lowest BCUT2D eigenvalue weighted by atomic mass is 10.1. The van der Waals surface area contributed by atoms with Crippen LogP contribution in [0.3, 0.4) is 0 Å². The van der Waals surface area contributed by atoms with Crippen LogP contribution in [0.1, 0.15) is 36.1 Å². The first kappa shape index (κ1) is 18.4. The SMILES string of the molecule is CC(NC(=O)CCc1ccc(C#N)cc1)c1cccc(OC(F)F)c1. The molecule has 2 aromatic carbocycles. The van der Waals surface area contributed by atoms with Gasteiger partial charge in [-0.25, -0.2) is 0 Å². The van der Waals surface area contributed by atoms with Crippen molar-refractivity contribution in [2.45, 2.75) is 32.4 Å². The summed E-state index contributed by atoms with van der Waals surface area (Å²) in [6.07, 6.45) is 0.849. The van der Waals surface area contributed by atoms with E-state index in [9.17, 15) is 13.6 Å². The van der Waals surface area contributed by atoms with E-state index in [0.29, 0.717) is 24.0 Å². The predicted molar refractivity (Wildman–Crippen MR) is 89.1 cm³/mol. The van der Waals surface area contributed by atoms with Crippen molar-refractivity contribution in [1.29, 1.82) is 5.26 Å². The Hall–Kier alpha value is -2.94. The van der Waals surface area contributed by atoms with E-state index in [1.165, 1.54) is 12.1 Å². The second-order valence-corrected chi connectivity index (χ2v) is 5.55. The molecule has 0 fully saturated rings. The fourth-order valence-electron chi connectivity index (χ4n) is 2.36. The highest BCUT2D eigenvalue weighted by Crippen LogP contribution is 2.20. The van der Waals surface area contributed by atoms with Crippen molar-refractivity contribution >= 4 is 5.91 Å². The smallest absolute Gasteiger partial charge is 0.387 e. The molecule has 0 aliphatic carbocycles. The molecule has 0 spiro atoms. The molecule has 0 heterocycles. The number of carbonyl (C=O) groups is 1. The third-order valence-corrected chi connectivity index (χ3v) is 3.68. The molecule has 1 N–H and O–H groups in total. The summed E-state index contributed by atoms with van der Waals surface area (Å²) < 4.78 is 28.9. The first-order valence-electron chi connectivity index (χ1n) is 7.81. The standard InChI is InChI=1S/C19H18F2N2O2/c1-13(16-3-2-4-17(11-16)25-19(20)21)23-18(24)10-9-14-5-7-15(12-22)8-6-14/h2-8,11,13,19H,9-10H2,1H3,(H,23,24). The minimum Gasteiger partial charge on any atom is -0.435 e. The van der Waals surface area contributed by atoms with E-state index < -0.39 is 6.61 Å². The maximum atomic E-state index is 12.3. The van der Waals surface area contributed by atoms with Crippen LogP contribution in [0, 0.1) is 11.3 Å². The van der Waals surface area contributed by atoms with Crippen molar-refractivity contribution in [2.24, 2.45) is 0 Å². The lowest BCUT2D eigenvalue weighted by Gasteiger charge is -2.15. The molecule has 0 aliphatic rings. The van der Waals surface area contributed by atoms with Crippen LogP contribution in [-0.2, 0) is 11.2 Å². The van der Waals surface area contributed by atoms with Crippen LogP contribution in [0.4, 0.5) is 8.78 Å². The van der Waals surface area contributed by atoms with Crippen LogP contribution in [0.5, 0.6) is 5.75 Å². The van der Waals surface area contributed by atoms with E-state index in [-0.39, 0.29) is 17.7 Å². The van der Waals surface area contributed by atoms with Gasteiger partial charge in [0.2, 0.25) is 5.91 Å². The largest absolute Gasteiger partial charge is 0.435 e. The van der Waals surface area contributed by atoms with E-state index in [0.717, 1.165) is 5.56 Å². The Morgan fingerprint density at radius 1 is 1.24 bits per heavy atom. The van der Waals surface area contributed by atoms with E-state index in [2.05, 4.69) is 10.1 Å². The lowest BCUT2D eigenvalue weighted by molar-refractivity contribution is -0.121. The molecule has 130 valence electrons. The molecule has 0 radical (unpaired) electrons. The number of benzene rings is 2. The number of ether oxygens (including phenoxy) is 1. The Labute approximate surface area is 145 Å². The number of hydrogen-bond acceptors (Lipinski definition) is 3. The molecule has 0 aromatic heterocycles. The summed E-state index contributed by atoms with van der Waals surface area (Å²) in [6, 6.07) is 15.1. The topological polar surface area (TPSA) is 62.1 Å². The second kappa shape index (κ2) is 8.78. The fourth-order valence-corrected chi connectivity index (χ4v) is 2.36. The van der Waals surface area contributed by atoms with Crippen LogP contribution >= 0.6 is 0 Å². The summed E-state index contributed by atoms with van der Waals surface area (Å²) in [5.74, 6) is -0.0803. The number of hydrogen-bond donors (Lipinski definition) is 1. The van der Waals surface area contributed by atoms with Gasteiger partial charge in [0, 0.05) is 6.42 Å². The molecule has 25 heavy (non-hydrogen) atoms. The summed E-state index contributed by atoms with van der Waals surface area (Å²) in [5, 5.41) is 11.6. The third kappa shape index (κ3) is 5.88. The minimum absolute atomic E-state index is 0.0613. The Bertz CT molecular complexity index is 755. The normalized spacial score (nSPS) is 11.6. The highest BCUT2D eigenvalue weighted by Gasteiger charge is 2.12. The van der Waals surface area contributed by atoms with Crippen molar-refractivity contribution < 1.29 is 18.3 Å². The summed E-state index contributed by atoms with van der Waals surface area (Å²) in [7, 11) is 0. The number of carbonyl (C=O) groups excluding carboxylic acids is 1. The molecule has 6 heteroatoms. The second-order valence-electron chi connectivity index (χ2n) is 5.55. The zero-order chi connectivity index (χ0) is 18.2. The highest BCUT2D eigenvalue weighted by molar-refractivity contribution is 5.76. The van der Waals surface area contributed by atoms with Gasteiger partial charge in [0.15, 0.2) is 0 Å². The molecule has 0 bridgehead atoms. The molecule has 4 nitrogen and oxygen atoms in total. The van der Waals surface area contributed by atoms with Gasteiger partial charge in [-0.2, -0.15) is 14.0 Å². The molecule has 1 unspecified atom stereocenters. The maximum Gasteiger partial charge on any atom is 0.387 e. The molecule has 0 saturated heterocycles. The van der Waals surface area contributed by atoms with Gasteiger partial charge in [0.1, 0.15) is 5.75 Å². The summed E-state index contributed by atoms with van der Waals surface area (Å²) in [4.78, 5) is 12.1. The van der Waals surface area contributed by atoms with Crippen molar-refractivity contribution in [3.63, 3.8) is 0 Å². The van der Waals surface area contributed by atoms with E-state index in [1.807, 2.05) is 18.2 Å². The Kier molecular flexibility index (Phi) is 6.47. The number of rotatable bonds is 7. The monoisotopic (exact) mass is 344 g/mol. The molecule has 1 atom stereocenters. The fraction of sp³-hybridized carbons (Fsp3) is 0.263. The number of halogens is 2. The van der Waals surface area contributed by atoms with Gasteiger partial charge >= 0.3 is 6.61 Å². The number of nitrogens with zero attached hydrogens (tertiary/aromatic N) is 1. The summed E-state index contributed by atoms with van der Waals surface area (Å²) >= 11 is 0. The van der Waals surface area contributed by atoms with Crippen LogP contribution in [-0.4, -0.2) is 12.5 Å². The first-order valence-corrected chi connectivity index (χ1v) is 7.81. The molecule has 1 amide bonds. The lowest BCUT2D eigenvalue weighted by Crippen LogP contribution is -2.26. The number of nitriles is 1. The average Bonchev–Trinajstić information content (AvgIpc) is 2.60. The Morgan fingerprint density at radius 3 is 2.60 bits per heavy atom. The van der Waals surface area contributed by atoms with Crippen molar-refractivity contribution in [1.82, 2.24) is 5.32 Å². The van der Waals surface area contributed by atoms with Crippen LogP contribution < -0.4 is 10.1 Å². The Balaban J connectivity index is 1.88. The summed E-state index contributed by atoms with van der Waals surface area (Å²) in [5.41, 5.74) is 2.23. The van der Waals surface area contributed by atoms with Crippen molar-refractivity contribution in [3.05, 3.63) is 65.2 Å². The van der Waals surface area contributed by atoms with Gasteiger partial charge < -0.3 is 10.1 Å². The van der Waals surface area contributed by atoms with E-state index in [4.69, 9.17) is 5.26 Å². The zero-order valence-corrected chi connectivity index (χ0v) is 13.7. The van der Waals surface area contributed by atoms with Gasteiger partial charge in [0.25, 0.3) is 0 Å². The number of amides is 1. The van der Waals surface area contributed by atoms with Gasteiger partial charge in [-0.05, 0) is 48.7 Å². The van der Waals surface area contributed by atoms with Crippen molar-refractivity contribution in [2.75, 3.05) is 0 Å². The van der Waals surface area contributed by atoms with Crippen LogP contribution in [0.25, 0.3) is 0 Å². The molecule has 2 aromatic rings. The van der Waals surface area contributed by atoms with Crippen molar-refractivity contribution in [3.8, 4) is 11.8 Å². The zero-order valence-electron chi connectivity index (χ0n) is 13.7. The molecule has 0 saturated carbocycles. The summed E-state index contributed by atoms with van der Waals surface area (Å²) in [6.45, 7) is -1.10. The van der Waals surface area contributed by atoms with Gasteiger partial charge in [-0.3, -0.25) is 4.79 Å². The number of aryl methyl sites for hydroxylation is 1. The molecule has 0 aliphatic heterocycles. The van der Waals surface area contributed by atoms with Gasteiger partial charge in [-0.1, -0.05) is 24.3 Å². The minimum atomic E-state index is -2.88. The third-order valence-electron chi connectivity index (χ3n) is 3.68. The van der Waals surface area contributed by atoms with Gasteiger partial charge in [0.05, 0.1) is 17.7 Å². The average molecular weight is 344 g/mol. The van der Waals surface area contributed by atoms with Gasteiger partial charge in [-0.15, -0.1) is 0 Å². The molecular weight excluding hydrogens is 326 g/mol. The number of nitrogens with one attached hydrogen (secondary N) is 1.